The second kappa shape index (κ2) is 7.06. The highest BCUT2D eigenvalue weighted by Crippen LogP contribution is 2.24. The predicted molar refractivity (Wildman–Crippen MR) is 99.4 cm³/mol. The molecule has 5 N–H and O–H groups in total. The van der Waals surface area contributed by atoms with Gasteiger partial charge in [-0.05, 0) is 38.5 Å². The van der Waals surface area contributed by atoms with E-state index in [1.165, 1.54) is 6.33 Å². The Morgan fingerprint density at radius 3 is 2.80 bits per heavy atom. The minimum atomic E-state index is 0.0516. The fourth-order valence-corrected chi connectivity index (χ4v) is 2.89. The van der Waals surface area contributed by atoms with E-state index in [-0.39, 0.29) is 17.9 Å². The van der Waals surface area contributed by atoms with E-state index in [9.17, 15) is 0 Å². The Morgan fingerprint density at radius 1 is 1.32 bits per heavy atom. The first-order valence-corrected chi connectivity index (χ1v) is 8.42. The van der Waals surface area contributed by atoms with Crippen LogP contribution in [0.5, 0.6) is 5.75 Å². The summed E-state index contributed by atoms with van der Waals surface area (Å²) in [6.45, 7) is 5.55. The van der Waals surface area contributed by atoms with E-state index in [1.54, 1.807) is 12.1 Å². The molecular formula is C18H24N6O. The van der Waals surface area contributed by atoms with Gasteiger partial charge in [-0.25, -0.2) is 9.97 Å². The van der Waals surface area contributed by atoms with Gasteiger partial charge in [0, 0.05) is 36.4 Å². The molecule has 0 spiro atoms. The maximum atomic E-state index is 8.53. The van der Waals surface area contributed by atoms with E-state index < -0.39 is 0 Å². The zero-order chi connectivity index (χ0) is 18.0. The molecule has 25 heavy (non-hydrogen) atoms. The van der Waals surface area contributed by atoms with E-state index in [1.807, 2.05) is 26.0 Å². The lowest BCUT2D eigenvalue weighted by Crippen LogP contribution is -2.27. The molecule has 0 amide bonds. The van der Waals surface area contributed by atoms with Gasteiger partial charge in [0.25, 0.3) is 0 Å². The number of ether oxygens (including phenoxy) is 1. The lowest BCUT2D eigenvalue weighted by atomic mass is 10.0. The molecule has 2 heterocycles. The van der Waals surface area contributed by atoms with E-state index in [0.717, 1.165) is 25.3 Å². The van der Waals surface area contributed by atoms with Crippen LogP contribution in [0, 0.1) is 5.41 Å². The average molecular weight is 340 g/mol. The van der Waals surface area contributed by atoms with Gasteiger partial charge in [-0.15, -0.1) is 0 Å². The van der Waals surface area contributed by atoms with Crippen LogP contribution in [0.3, 0.4) is 0 Å². The molecule has 3 rings (SSSR count). The van der Waals surface area contributed by atoms with E-state index in [4.69, 9.17) is 21.6 Å². The van der Waals surface area contributed by atoms with Crippen molar-refractivity contribution in [1.82, 2.24) is 9.97 Å². The van der Waals surface area contributed by atoms with Gasteiger partial charge >= 0.3 is 0 Å². The Bertz CT molecular complexity index is 776. The summed E-state index contributed by atoms with van der Waals surface area (Å²) in [6.07, 6.45) is 2.47. The Labute approximate surface area is 147 Å². The molecule has 7 nitrogen and oxygen atoms in total. The predicted octanol–water partition coefficient (Wildman–Crippen LogP) is 1.80. The van der Waals surface area contributed by atoms with Crippen molar-refractivity contribution < 1.29 is 4.74 Å². The molecule has 2 aromatic rings. The van der Waals surface area contributed by atoms with E-state index >= 15 is 0 Å². The molecule has 1 fully saturated rings. The standard InChI is InChI=1S/C18H24N6O/c1-11(2)25-13-3-4-15(20)14(7-13)18(21)16-8-17(23-10-22-16)24-6-5-12(19)9-24/h3-4,7-8,10-12,21H,5-6,9,19-20H2,1-2H3. The number of anilines is 2. The summed E-state index contributed by atoms with van der Waals surface area (Å²) < 4.78 is 5.71. The van der Waals surface area contributed by atoms with Crippen molar-refractivity contribution in [2.24, 2.45) is 5.73 Å². The van der Waals surface area contributed by atoms with E-state index in [0.29, 0.717) is 22.7 Å². The zero-order valence-corrected chi connectivity index (χ0v) is 14.6. The SMILES string of the molecule is CC(C)Oc1ccc(N)c(C(=N)c2cc(N3CCC(N)C3)ncn2)c1. The van der Waals surface area contributed by atoms with Gasteiger partial charge in [0.2, 0.25) is 0 Å². The van der Waals surface area contributed by atoms with Gasteiger partial charge in [-0.3, -0.25) is 5.41 Å². The highest BCUT2D eigenvalue weighted by molar-refractivity contribution is 6.13. The van der Waals surface area contributed by atoms with Crippen LogP contribution in [-0.4, -0.2) is 40.9 Å². The van der Waals surface area contributed by atoms with Gasteiger partial charge in [0.05, 0.1) is 17.5 Å². The number of nitrogens with one attached hydrogen (secondary N) is 1. The minimum absolute atomic E-state index is 0.0516. The summed E-state index contributed by atoms with van der Waals surface area (Å²) in [5.74, 6) is 1.47. The third kappa shape index (κ3) is 3.88. The van der Waals surface area contributed by atoms with Crippen molar-refractivity contribution in [3.8, 4) is 5.75 Å². The molecule has 0 saturated carbocycles. The van der Waals surface area contributed by atoms with Crippen LogP contribution in [0.4, 0.5) is 11.5 Å². The first-order chi connectivity index (χ1) is 11.9. The maximum Gasteiger partial charge on any atom is 0.132 e. The Hall–Kier alpha value is -2.67. The zero-order valence-electron chi connectivity index (χ0n) is 14.6. The molecule has 0 radical (unpaired) electrons. The molecule has 1 unspecified atom stereocenters. The van der Waals surface area contributed by atoms with Crippen molar-refractivity contribution in [2.45, 2.75) is 32.4 Å². The quantitative estimate of drug-likeness (QED) is 0.565. The molecule has 132 valence electrons. The molecule has 1 aromatic carbocycles. The summed E-state index contributed by atoms with van der Waals surface area (Å²) in [5.41, 5.74) is 13.9. The number of nitrogens with two attached hydrogens (primary N) is 2. The second-order valence-electron chi connectivity index (χ2n) is 6.55. The number of aromatic nitrogens is 2. The molecule has 1 aromatic heterocycles. The molecule has 0 aliphatic carbocycles. The van der Waals surface area contributed by atoms with Gasteiger partial charge in [-0.1, -0.05) is 0 Å². The van der Waals surface area contributed by atoms with Gasteiger partial charge < -0.3 is 21.1 Å². The first-order valence-electron chi connectivity index (χ1n) is 8.42. The summed E-state index contributed by atoms with van der Waals surface area (Å²) in [5, 5.41) is 8.53. The van der Waals surface area contributed by atoms with Crippen molar-refractivity contribution in [2.75, 3.05) is 23.7 Å². The fraction of sp³-hybridized carbons (Fsp3) is 0.389. The van der Waals surface area contributed by atoms with Crippen molar-refractivity contribution in [3.63, 3.8) is 0 Å². The van der Waals surface area contributed by atoms with Crippen LogP contribution in [0.15, 0.2) is 30.6 Å². The Kier molecular flexibility index (Phi) is 4.85. The minimum Gasteiger partial charge on any atom is -0.491 e. The molecule has 1 saturated heterocycles. The second-order valence-corrected chi connectivity index (χ2v) is 6.55. The summed E-state index contributed by atoms with van der Waals surface area (Å²) >= 11 is 0. The van der Waals surface area contributed by atoms with Crippen LogP contribution in [0.1, 0.15) is 31.5 Å². The summed E-state index contributed by atoms with van der Waals surface area (Å²) in [7, 11) is 0. The van der Waals surface area contributed by atoms with Gasteiger partial charge in [0.15, 0.2) is 0 Å². The van der Waals surface area contributed by atoms with Gasteiger partial charge in [-0.2, -0.15) is 0 Å². The molecule has 1 aliphatic heterocycles. The highest BCUT2D eigenvalue weighted by Gasteiger charge is 2.21. The third-order valence-corrected chi connectivity index (χ3v) is 4.12. The van der Waals surface area contributed by atoms with E-state index in [2.05, 4.69) is 14.9 Å². The molecule has 0 bridgehead atoms. The van der Waals surface area contributed by atoms with Crippen molar-refractivity contribution in [3.05, 3.63) is 41.9 Å². The number of benzene rings is 1. The molecular weight excluding hydrogens is 316 g/mol. The van der Waals surface area contributed by atoms with Crippen LogP contribution in [0.25, 0.3) is 0 Å². The largest absolute Gasteiger partial charge is 0.491 e. The van der Waals surface area contributed by atoms with Crippen molar-refractivity contribution in [1.29, 1.82) is 5.41 Å². The number of nitrogen functional groups attached to an aromatic ring is 1. The summed E-state index contributed by atoms with van der Waals surface area (Å²) in [4.78, 5) is 10.7. The topological polar surface area (TPSA) is 114 Å². The number of rotatable bonds is 5. The molecule has 7 heteroatoms. The number of hydrogen-bond donors (Lipinski definition) is 3. The normalized spacial score (nSPS) is 17.1. The van der Waals surface area contributed by atoms with Crippen LogP contribution in [0.2, 0.25) is 0 Å². The maximum absolute atomic E-state index is 8.53. The lowest BCUT2D eigenvalue weighted by Gasteiger charge is -2.17. The van der Waals surface area contributed by atoms with Crippen LogP contribution in [-0.2, 0) is 0 Å². The lowest BCUT2D eigenvalue weighted by molar-refractivity contribution is 0.242. The van der Waals surface area contributed by atoms with Crippen LogP contribution >= 0.6 is 0 Å². The molecule has 1 atom stereocenters. The average Bonchev–Trinajstić information content (AvgIpc) is 3.02. The van der Waals surface area contributed by atoms with Gasteiger partial charge in [0.1, 0.15) is 17.9 Å². The smallest absolute Gasteiger partial charge is 0.132 e. The van der Waals surface area contributed by atoms with Crippen molar-refractivity contribution >= 4 is 17.2 Å². The first kappa shape index (κ1) is 17.2. The molecule has 1 aliphatic rings. The number of hydrogen-bond acceptors (Lipinski definition) is 7. The highest BCUT2D eigenvalue weighted by atomic mass is 16.5. The Morgan fingerprint density at radius 2 is 2.12 bits per heavy atom. The number of nitrogens with zero attached hydrogens (tertiary/aromatic N) is 3. The fourth-order valence-electron chi connectivity index (χ4n) is 2.89. The summed E-state index contributed by atoms with van der Waals surface area (Å²) in [6, 6.07) is 7.33. The van der Waals surface area contributed by atoms with Crippen LogP contribution < -0.4 is 21.1 Å². The Balaban J connectivity index is 1.88. The monoisotopic (exact) mass is 340 g/mol. The third-order valence-electron chi connectivity index (χ3n) is 4.12.